The van der Waals surface area contributed by atoms with Crippen molar-refractivity contribution in [2.75, 3.05) is 36.0 Å². The molecule has 1 aromatic heterocycles. The number of aryl methyl sites for hydroxylation is 1. The fourth-order valence-corrected chi connectivity index (χ4v) is 5.44. The molecule has 0 N–H and O–H groups in total. The summed E-state index contributed by atoms with van der Waals surface area (Å²) in [6.45, 7) is 2.80. The molecular weight excluding hydrogens is 386 g/mol. The van der Waals surface area contributed by atoms with Crippen molar-refractivity contribution >= 4 is 17.4 Å². The number of rotatable bonds is 2. The molecule has 1 amide bonds. The van der Waals surface area contributed by atoms with Gasteiger partial charge in [0.25, 0.3) is 5.91 Å². The van der Waals surface area contributed by atoms with E-state index < -0.39 is 0 Å². The lowest BCUT2D eigenvalue weighted by Gasteiger charge is -2.42. The summed E-state index contributed by atoms with van der Waals surface area (Å²) >= 11 is 0. The van der Waals surface area contributed by atoms with E-state index in [0.29, 0.717) is 18.7 Å². The number of carbonyl (C=O) groups excluding carboxylic acids is 1. The van der Waals surface area contributed by atoms with Crippen LogP contribution in [0.2, 0.25) is 0 Å². The summed E-state index contributed by atoms with van der Waals surface area (Å²) in [6.07, 6.45) is 4.69. The third-order valence-electron chi connectivity index (χ3n) is 6.94. The number of fused-ring (bicyclic) bond motifs is 3. The molecule has 3 aliphatic rings. The molecule has 0 saturated carbocycles. The van der Waals surface area contributed by atoms with Crippen molar-refractivity contribution in [1.82, 2.24) is 4.98 Å². The molecule has 5 nitrogen and oxygen atoms in total. The molecule has 1 fully saturated rings. The van der Waals surface area contributed by atoms with Crippen molar-refractivity contribution in [1.29, 1.82) is 0 Å². The van der Waals surface area contributed by atoms with Gasteiger partial charge in [0.1, 0.15) is 11.4 Å². The Kier molecular flexibility index (Phi) is 4.32. The number of morpholine rings is 1. The van der Waals surface area contributed by atoms with Crippen molar-refractivity contribution < 1.29 is 9.53 Å². The minimum absolute atomic E-state index is 0.0282. The monoisotopic (exact) mass is 411 g/mol. The van der Waals surface area contributed by atoms with E-state index in [1.165, 1.54) is 16.7 Å². The Morgan fingerprint density at radius 3 is 2.71 bits per heavy atom. The summed E-state index contributed by atoms with van der Waals surface area (Å²) in [6, 6.07) is 20.5. The molecule has 31 heavy (non-hydrogen) atoms. The predicted octanol–water partition coefficient (Wildman–Crippen LogP) is 3.96. The zero-order chi connectivity index (χ0) is 20.8. The first-order chi connectivity index (χ1) is 15.3. The van der Waals surface area contributed by atoms with E-state index >= 15 is 0 Å². The second-order valence-electron chi connectivity index (χ2n) is 8.63. The quantitative estimate of drug-likeness (QED) is 0.640. The van der Waals surface area contributed by atoms with Crippen molar-refractivity contribution in [2.45, 2.75) is 24.9 Å². The molecular formula is C26H25N3O2. The number of anilines is 2. The molecule has 1 spiro atoms. The summed E-state index contributed by atoms with van der Waals surface area (Å²) in [5.74, 6) is 0.796. The number of amides is 1. The molecule has 0 bridgehead atoms. The van der Waals surface area contributed by atoms with Gasteiger partial charge in [0.05, 0.1) is 18.7 Å². The van der Waals surface area contributed by atoms with Gasteiger partial charge in [-0.25, -0.2) is 4.98 Å². The summed E-state index contributed by atoms with van der Waals surface area (Å²) in [5.41, 5.74) is 5.27. The van der Waals surface area contributed by atoms with Gasteiger partial charge in [0.15, 0.2) is 0 Å². The second-order valence-corrected chi connectivity index (χ2v) is 8.63. The third-order valence-corrected chi connectivity index (χ3v) is 6.94. The maximum absolute atomic E-state index is 13.6. The Hall–Kier alpha value is -3.18. The Bertz CT molecular complexity index is 1160. The van der Waals surface area contributed by atoms with Crippen LogP contribution >= 0.6 is 0 Å². The first-order valence-electron chi connectivity index (χ1n) is 11.1. The van der Waals surface area contributed by atoms with Crippen molar-refractivity contribution in [3.05, 3.63) is 89.1 Å². The van der Waals surface area contributed by atoms with Gasteiger partial charge >= 0.3 is 0 Å². The van der Waals surface area contributed by atoms with Crippen LogP contribution in [0.4, 0.5) is 11.5 Å². The Morgan fingerprint density at radius 2 is 1.77 bits per heavy atom. The topological polar surface area (TPSA) is 45.7 Å². The fraction of sp³-hybridized carbons (Fsp3) is 0.308. The fourth-order valence-electron chi connectivity index (χ4n) is 5.44. The number of para-hydroxylation sites is 1. The van der Waals surface area contributed by atoms with Crippen molar-refractivity contribution in [3.8, 4) is 0 Å². The zero-order valence-corrected chi connectivity index (χ0v) is 17.5. The number of benzene rings is 2. The van der Waals surface area contributed by atoms with Gasteiger partial charge in [-0.1, -0.05) is 42.5 Å². The van der Waals surface area contributed by atoms with Crippen LogP contribution in [-0.4, -0.2) is 37.1 Å². The Morgan fingerprint density at radius 1 is 0.935 bits per heavy atom. The molecule has 1 atom stereocenters. The molecule has 3 aromatic rings. The van der Waals surface area contributed by atoms with Gasteiger partial charge in [-0.15, -0.1) is 0 Å². The number of carbonyl (C=O) groups is 1. The minimum Gasteiger partial charge on any atom is -0.367 e. The molecule has 1 aliphatic carbocycles. The van der Waals surface area contributed by atoms with E-state index in [2.05, 4.69) is 40.2 Å². The molecule has 3 heterocycles. The van der Waals surface area contributed by atoms with Crippen LogP contribution in [0.5, 0.6) is 0 Å². The predicted molar refractivity (Wildman–Crippen MR) is 121 cm³/mol. The number of nitrogens with zero attached hydrogens (tertiary/aromatic N) is 3. The van der Waals surface area contributed by atoms with E-state index in [1.807, 2.05) is 35.2 Å². The first-order valence-corrected chi connectivity index (χ1v) is 11.1. The van der Waals surface area contributed by atoms with Crippen LogP contribution in [0, 0.1) is 0 Å². The van der Waals surface area contributed by atoms with Crippen molar-refractivity contribution in [3.63, 3.8) is 0 Å². The number of aromatic nitrogens is 1. The third kappa shape index (κ3) is 2.95. The highest BCUT2D eigenvalue weighted by Gasteiger charge is 2.44. The largest absolute Gasteiger partial charge is 0.367 e. The van der Waals surface area contributed by atoms with E-state index in [-0.39, 0.29) is 11.5 Å². The van der Waals surface area contributed by atoms with E-state index in [9.17, 15) is 4.79 Å². The standard InChI is InChI=1S/C26H25N3O2/c30-25(29-15-12-20-7-2-4-10-23(20)29)21-8-5-14-27-24(21)28-16-17-31-26(18-28)13-11-19-6-1-3-9-22(19)26/h1-10,14H,11-13,15-18H2. The first kappa shape index (κ1) is 18.6. The van der Waals surface area contributed by atoms with Crippen molar-refractivity contribution in [2.24, 2.45) is 0 Å². The van der Waals surface area contributed by atoms with Crippen LogP contribution in [-0.2, 0) is 23.2 Å². The highest BCUT2D eigenvalue weighted by molar-refractivity contribution is 6.10. The van der Waals surface area contributed by atoms with Gasteiger partial charge in [-0.2, -0.15) is 0 Å². The number of hydrogen-bond acceptors (Lipinski definition) is 4. The minimum atomic E-state index is -0.313. The Labute approximate surface area is 182 Å². The highest BCUT2D eigenvalue weighted by Crippen LogP contribution is 2.43. The Balaban J connectivity index is 1.34. The van der Waals surface area contributed by atoms with E-state index in [1.54, 1.807) is 6.20 Å². The average molecular weight is 412 g/mol. The van der Waals surface area contributed by atoms with Crippen LogP contribution in [0.25, 0.3) is 0 Å². The SMILES string of the molecule is O=C(c1cccnc1N1CCOC2(CCc3ccccc32)C1)N1CCc2ccccc21. The molecule has 2 aliphatic heterocycles. The second kappa shape index (κ2) is 7.20. The molecule has 156 valence electrons. The summed E-state index contributed by atoms with van der Waals surface area (Å²) in [7, 11) is 0. The maximum atomic E-state index is 13.6. The zero-order valence-electron chi connectivity index (χ0n) is 17.5. The van der Waals surface area contributed by atoms with Crippen LogP contribution in [0.15, 0.2) is 66.9 Å². The van der Waals surface area contributed by atoms with Gasteiger partial charge in [0, 0.05) is 25.0 Å². The summed E-state index contributed by atoms with van der Waals surface area (Å²) in [4.78, 5) is 22.4. The van der Waals surface area contributed by atoms with Crippen LogP contribution in [0.1, 0.15) is 33.5 Å². The summed E-state index contributed by atoms with van der Waals surface area (Å²) in [5, 5.41) is 0. The normalized spacial score (nSPS) is 21.9. The highest BCUT2D eigenvalue weighted by atomic mass is 16.5. The maximum Gasteiger partial charge on any atom is 0.262 e. The van der Waals surface area contributed by atoms with E-state index in [0.717, 1.165) is 43.9 Å². The van der Waals surface area contributed by atoms with Gasteiger partial charge in [-0.05, 0) is 54.2 Å². The average Bonchev–Trinajstić information content (AvgIpc) is 3.41. The van der Waals surface area contributed by atoms with Gasteiger partial charge in [0.2, 0.25) is 0 Å². The van der Waals surface area contributed by atoms with Crippen LogP contribution < -0.4 is 9.80 Å². The van der Waals surface area contributed by atoms with E-state index in [4.69, 9.17) is 4.74 Å². The number of ether oxygens (including phenoxy) is 1. The molecule has 0 radical (unpaired) electrons. The molecule has 1 saturated heterocycles. The van der Waals surface area contributed by atoms with Crippen LogP contribution in [0.3, 0.4) is 0 Å². The molecule has 1 unspecified atom stereocenters. The number of pyridine rings is 1. The molecule has 5 heteroatoms. The smallest absolute Gasteiger partial charge is 0.262 e. The van der Waals surface area contributed by atoms with Gasteiger partial charge < -0.3 is 14.5 Å². The lowest BCUT2D eigenvalue weighted by atomic mass is 9.93. The molecule has 2 aromatic carbocycles. The summed E-state index contributed by atoms with van der Waals surface area (Å²) < 4.78 is 6.39. The molecule has 6 rings (SSSR count). The lowest BCUT2D eigenvalue weighted by Crippen LogP contribution is -2.49. The van der Waals surface area contributed by atoms with Gasteiger partial charge in [-0.3, -0.25) is 4.79 Å². The number of hydrogen-bond donors (Lipinski definition) is 0. The lowest BCUT2D eigenvalue weighted by molar-refractivity contribution is -0.0594.